The number of halogens is 1. The van der Waals surface area contributed by atoms with Gasteiger partial charge in [0.25, 0.3) is 0 Å². The van der Waals surface area contributed by atoms with E-state index < -0.39 is 0 Å². The number of benzene rings is 1. The summed E-state index contributed by atoms with van der Waals surface area (Å²) in [4.78, 5) is 13.4. The zero-order valence-corrected chi connectivity index (χ0v) is 13.1. The zero-order chi connectivity index (χ0) is 15.3. The molecule has 0 bridgehead atoms. The number of primary amides is 1. The molecule has 0 heterocycles. The minimum atomic E-state index is -0.353. The van der Waals surface area contributed by atoms with Crippen LogP contribution in [0.4, 0.5) is 0 Å². The Morgan fingerprint density at radius 2 is 2.05 bits per heavy atom. The molecular weight excluding hydrogens is 274 g/mol. The van der Waals surface area contributed by atoms with Gasteiger partial charge < -0.3 is 11.5 Å². The van der Waals surface area contributed by atoms with Gasteiger partial charge in [0.1, 0.15) is 0 Å². The molecule has 112 valence electrons. The Labute approximate surface area is 126 Å². The summed E-state index contributed by atoms with van der Waals surface area (Å²) in [6.07, 6.45) is 0.805. The van der Waals surface area contributed by atoms with E-state index in [1.54, 1.807) is 0 Å². The van der Waals surface area contributed by atoms with Gasteiger partial charge in [-0.15, -0.1) is 0 Å². The highest BCUT2D eigenvalue weighted by atomic mass is 35.5. The number of hydrogen-bond acceptors (Lipinski definition) is 3. The quantitative estimate of drug-likeness (QED) is 0.811. The number of nitrogens with two attached hydrogens (primary N) is 2. The normalized spacial score (nSPS) is 14.6. The minimum Gasteiger partial charge on any atom is -0.369 e. The Balaban J connectivity index is 3.18. The fourth-order valence-electron chi connectivity index (χ4n) is 2.38. The van der Waals surface area contributed by atoms with Gasteiger partial charge in [-0.1, -0.05) is 30.7 Å². The van der Waals surface area contributed by atoms with Gasteiger partial charge in [0.2, 0.25) is 5.91 Å². The second-order valence-electron chi connectivity index (χ2n) is 5.30. The summed E-state index contributed by atoms with van der Waals surface area (Å²) in [5.74, 6) is -0.353. The molecule has 0 fully saturated rings. The van der Waals surface area contributed by atoms with Gasteiger partial charge in [0.05, 0.1) is 12.6 Å². The fourth-order valence-corrected chi connectivity index (χ4v) is 2.58. The van der Waals surface area contributed by atoms with E-state index in [2.05, 4.69) is 0 Å². The molecule has 2 atom stereocenters. The lowest BCUT2D eigenvalue weighted by molar-refractivity contribution is -0.120. The summed E-state index contributed by atoms with van der Waals surface area (Å²) < 4.78 is 0. The topological polar surface area (TPSA) is 72.3 Å². The highest BCUT2D eigenvalue weighted by Crippen LogP contribution is 2.28. The molecule has 0 saturated carbocycles. The van der Waals surface area contributed by atoms with E-state index in [0.29, 0.717) is 5.02 Å². The summed E-state index contributed by atoms with van der Waals surface area (Å²) in [6, 6.07) is 7.61. The molecule has 1 amide bonds. The van der Waals surface area contributed by atoms with E-state index in [9.17, 15) is 4.79 Å². The maximum Gasteiger partial charge on any atom is 0.231 e. The number of nitrogens with zero attached hydrogens (tertiary/aromatic N) is 1. The first kappa shape index (κ1) is 17.0. The van der Waals surface area contributed by atoms with Gasteiger partial charge in [-0.05, 0) is 38.0 Å². The summed E-state index contributed by atoms with van der Waals surface area (Å²) in [5.41, 5.74) is 12.7. The maximum absolute atomic E-state index is 11.3. The van der Waals surface area contributed by atoms with Crippen LogP contribution in [0.5, 0.6) is 0 Å². The molecule has 4 nitrogen and oxygen atoms in total. The Morgan fingerprint density at radius 3 is 2.50 bits per heavy atom. The van der Waals surface area contributed by atoms with E-state index in [-0.39, 0.29) is 30.6 Å². The number of rotatable bonds is 7. The van der Waals surface area contributed by atoms with Crippen molar-refractivity contribution in [2.75, 3.05) is 6.54 Å². The molecule has 0 aromatic heterocycles. The molecule has 1 aromatic carbocycles. The molecule has 4 N–H and O–H groups in total. The summed E-state index contributed by atoms with van der Waals surface area (Å²) in [5, 5.41) is 0.665. The number of hydrogen-bond donors (Lipinski definition) is 2. The highest BCUT2D eigenvalue weighted by molar-refractivity contribution is 6.30. The minimum absolute atomic E-state index is 0.0776. The molecule has 0 aliphatic rings. The van der Waals surface area contributed by atoms with Gasteiger partial charge in [-0.25, -0.2) is 0 Å². The van der Waals surface area contributed by atoms with Crippen molar-refractivity contribution in [1.82, 2.24) is 4.90 Å². The van der Waals surface area contributed by atoms with E-state index >= 15 is 0 Å². The first-order valence-corrected chi connectivity index (χ1v) is 7.29. The third-order valence-corrected chi connectivity index (χ3v) is 3.66. The third-order valence-electron chi connectivity index (χ3n) is 3.43. The summed E-state index contributed by atoms with van der Waals surface area (Å²) in [7, 11) is 0. The number of carbonyl (C=O) groups excluding carboxylic acids is 1. The monoisotopic (exact) mass is 297 g/mol. The second-order valence-corrected chi connectivity index (χ2v) is 5.74. The van der Waals surface area contributed by atoms with Gasteiger partial charge in [0, 0.05) is 17.1 Å². The summed E-state index contributed by atoms with van der Waals surface area (Å²) in [6.45, 7) is 6.28. The van der Waals surface area contributed by atoms with Crippen LogP contribution in [0.25, 0.3) is 0 Å². The lowest BCUT2D eigenvalue weighted by Gasteiger charge is -2.37. The number of carbonyl (C=O) groups is 1. The van der Waals surface area contributed by atoms with Gasteiger partial charge in [-0.3, -0.25) is 9.69 Å². The average Bonchev–Trinajstić information content (AvgIpc) is 2.37. The van der Waals surface area contributed by atoms with E-state index in [0.717, 1.165) is 12.0 Å². The largest absolute Gasteiger partial charge is 0.369 e. The van der Waals surface area contributed by atoms with Crippen LogP contribution in [-0.4, -0.2) is 29.4 Å². The standard InChI is InChI=1S/C15H24ClN3O/c1-4-13(17)15(11-6-5-7-12(16)8-11)19(10(2)3)9-14(18)20/h5-8,10,13,15H,4,9,17H2,1-3H3,(H2,18,20). The predicted octanol–water partition coefficient (Wildman–Crippen LogP) is 2.31. The Morgan fingerprint density at radius 1 is 1.40 bits per heavy atom. The fraction of sp³-hybridized carbons (Fsp3) is 0.533. The smallest absolute Gasteiger partial charge is 0.231 e. The summed E-state index contributed by atoms with van der Waals surface area (Å²) >= 11 is 6.08. The van der Waals surface area contributed by atoms with Crippen molar-refractivity contribution in [1.29, 1.82) is 0 Å². The first-order valence-electron chi connectivity index (χ1n) is 6.91. The SMILES string of the molecule is CCC(N)C(c1cccc(Cl)c1)N(CC(N)=O)C(C)C. The Hall–Kier alpha value is -1.10. The molecule has 0 aliphatic heterocycles. The van der Waals surface area contributed by atoms with E-state index in [4.69, 9.17) is 23.1 Å². The Bertz CT molecular complexity index is 450. The average molecular weight is 298 g/mol. The first-order chi connectivity index (χ1) is 9.36. The van der Waals surface area contributed by atoms with Crippen molar-refractivity contribution in [3.8, 4) is 0 Å². The van der Waals surface area contributed by atoms with Crippen molar-refractivity contribution < 1.29 is 4.79 Å². The van der Waals surface area contributed by atoms with Crippen LogP contribution in [0.2, 0.25) is 5.02 Å². The Kier molecular flexibility index (Phi) is 6.46. The molecule has 0 radical (unpaired) electrons. The maximum atomic E-state index is 11.3. The van der Waals surface area contributed by atoms with Crippen LogP contribution in [0.15, 0.2) is 24.3 Å². The van der Waals surface area contributed by atoms with Crippen molar-refractivity contribution in [3.63, 3.8) is 0 Å². The molecule has 0 spiro atoms. The van der Waals surface area contributed by atoms with E-state index in [1.165, 1.54) is 0 Å². The van der Waals surface area contributed by atoms with Crippen molar-refractivity contribution >= 4 is 17.5 Å². The molecule has 1 rings (SSSR count). The van der Waals surface area contributed by atoms with Crippen LogP contribution < -0.4 is 11.5 Å². The molecule has 1 aromatic rings. The predicted molar refractivity (Wildman–Crippen MR) is 83.5 cm³/mol. The molecule has 0 saturated heterocycles. The van der Waals surface area contributed by atoms with Crippen LogP contribution in [-0.2, 0) is 4.79 Å². The molecule has 5 heteroatoms. The van der Waals surface area contributed by atoms with Crippen LogP contribution in [0.1, 0.15) is 38.8 Å². The lowest BCUT2D eigenvalue weighted by Crippen LogP contribution is -2.47. The van der Waals surface area contributed by atoms with Crippen molar-refractivity contribution in [3.05, 3.63) is 34.9 Å². The van der Waals surface area contributed by atoms with Crippen LogP contribution >= 0.6 is 11.6 Å². The van der Waals surface area contributed by atoms with Crippen molar-refractivity contribution in [2.24, 2.45) is 11.5 Å². The van der Waals surface area contributed by atoms with E-state index in [1.807, 2.05) is 49.9 Å². The van der Waals surface area contributed by atoms with Gasteiger partial charge >= 0.3 is 0 Å². The van der Waals surface area contributed by atoms with Gasteiger partial charge in [0.15, 0.2) is 0 Å². The second kappa shape index (κ2) is 7.62. The third kappa shape index (κ3) is 4.47. The number of amides is 1. The van der Waals surface area contributed by atoms with Crippen LogP contribution in [0.3, 0.4) is 0 Å². The zero-order valence-electron chi connectivity index (χ0n) is 12.3. The molecule has 2 unspecified atom stereocenters. The highest BCUT2D eigenvalue weighted by Gasteiger charge is 2.28. The molecular formula is C15H24ClN3O. The van der Waals surface area contributed by atoms with Crippen LogP contribution in [0, 0.1) is 0 Å². The molecule has 0 aliphatic carbocycles. The lowest BCUT2D eigenvalue weighted by atomic mass is 9.95. The molecule has 20 heavy (non-hydrogen) atoms. The van der Waals surface area contributed by atoms with Gasteiger partial charge in [-0.2, -0.15) is 0 Å². The van der Waals surface area contributed by atoms with Crippen molar-refractivity contribution in [2.45, 2.75) is 45.3 Å².